The van der Waals surface area contributed by atoms with Crippen LogP contribution in [0, 0.1) is 0 Å². The Bertz CT molecular complexity index is 1230. The molecule has 1 fully saturated rings. The third-order valence-electron chi connectivity index (χ3n) is 6.75. The largest absolute Gasteiger partial charge is 0.457 e. The highest BCUT2D eigenvalue weighted by Gasteiger charge is 2.43. The lowest BCUT2D eigenvalue weighted by atomic mass is 9.83. The second-order valence-electron chi connectivity index (χ2n) is 8.72. The number of carbonyl (C=O) groups excluding carboxylic acids is 2. The molecule has 174 valence electrons. The Kier molecular flexibility index (Phi) is 5.57. The molecule has 8 nitrogen and oxygen atoms in total. The molecule has 0 saturated carbocycles. The second kappa shape index (κ2) is 8.70. The van der Waals surface area contributed by atoms with Crippen LogP contribution in [0.15, 0.2) is 67.3 Å². The lowest BCUT2D eigenvalue weighted by Gasteiger charge is -2.44. The predicted molar refractivity (Wildman–Crippen MR) is 130 cm³/mol. The smallest absolute Gasteiger partial charge is 0.254 e. The summed E-state index contributed by atoms with van der Waals surface area (Å²) in [5.74, 6) is 1.51. The highest BCUT2D eigenvalue weighted by molar-refractivity contribution is 6.04. The van der Waals surface area contributed by atoms with Crippen molar-refractivity contribution in [1.29, 1.82) is 0 Å². The lowest BCUT2D eigenvalue weighted by Crippen LogP contribution is -2.51. The van der Waals surface area contributed by atoms with Crippen LogP contribution in [0.2, 0.25) is 0 Å². The Balaban J connectivity index is 1.47. The molecule has 1 aromatic heterocycles. The average Bonchev–Trinajstić information content (AvgIpc) is 3.27. The predicted octanol–water partition coefficient (Wildman–Crippen LogP) is 3.76. The van der Waals surface area contributed by atoms with E-state index in [-0.39, 0.29) is 11.4 Å². The van der Waals surface area contributed by atoms with Crippen molar-refractivity contribution in [2.24, 2.45) is 5.73 Å². The zero-order valence-corrected chi connectivity index (χ0v) is 18.9. The van der Waals surface area contributed by atoms with Gasteiger partial charge in [0.1, 0.15) is 28.6 Å². The van der Waals surface area contributed by atoms with Crippen molar-refractivity contribution in [3.8, 4) is 22.8 Å². The molecule has 0 atom stereocenters. The maximum atomic E-state index is 12.5. The number of benzene rings is 2. The van der Waals surface area contributed by atoms with Gasteiger partial charge in [0.25, 0.3) is 5.91 Å². The molecule has 3 heterocycles. The summed E-state index contributed by atoms with van der Waals surface area (Å²) in [5, 5.41) is 8.25. The lowest BCUT2D eigenvalue weighted by molar-refractivity contribution is -0.128. The molecule has 0 bridgehead atoms. The van der Waals surface area contributed by atoms with E-state index in [0.29, 0.717) is 42.5 Å². The molecule has 8 heteroatoms. The van der Waals surface area contributed by atoms with E-state index in [4.69, 9.17) is 15.6 Å². The first kappa shape index (κ1) is 21.8. The van der Waals surface area contributed by atoms with E-state index in [1.807, 2.05) is 64.2 Å². The number of para-hydroxylation sites is 1. The van der Waals surface area contributed by atoms with Crippen LogP contribution in [-0.4, -0.2) is 46.1 Å². The third kappa shape index (κ3) is 3.81. The number of hydrogen-bond donors (Lipinski definition) is 2. The number of rotatable bonds is 5. The maximum absolute atomic E-state index is 12.5. The molecule has 0 aliphatic carbocycles. The molecule has 5 rings (SSSR count). The average molecular weight is 458 g/mol. The molecule has 2 aliphatic rings. The van der Waals surface area contributed by atoms with Gasteiger partial charge in [-0.1, -0.05) is 24.8 Å². The molecular formula is C26H27N5O3. The molecule has 1 saturated heterocycles. The Morgan fingerprint density at radius 3 is 2.35 bits per heavy atom. The van der Waals surface area contributed by atoms with Crippen LogP contribution < -0.4 is 15.8 Å². The van der Waals surface area contributed by atoms with Gasteiger partial charge in [-0.3, -0.25) is 9.59 Å². The van der Waals surface area contributed by atoms with Crippen molar-refractivity contribution in [2.45, 2.75) is 24.8 Å². The van der Waals surface area contributed by atoms with Crippen LogP contribution in [0.3, 0.4) is 0 Å². The number of hydrogen-bond acceptors (Lipinski definition) is 5. The zero-order valence-electron chi connectivity index (χ0n) is 18.9. The molecule has 2 aliphatic heterocycles. The zero-order chi connectivity index (χ0) is 23.7. The van der Waals surface area contributed by atoms with E-state index >= 15 is 0 Å². The number of fused-ring (bicyclic) bond motifs is 2. The summed E-state index contributed by atoms with van der Waals surface area (Å²) in [5.41, 5.74) is 7.28. The molecule has 0 unspecified atom stereocenters. The first-order chi connectivity index (χ1) is 16.5. The Hall–Kier alpha value is -4.07. The van der Waals surface area contributed by atoms with Gasteiger partial charge in [-0.2, -0.15) is 5.10 Å². The van der Waals surface area contributed by atoms with Crippen molar-refractivity contribution in [2.75, 3.05) is 25.0 Å². The summed E-state index contributed by atoms with van der Waals surface area (Å²) in [6.45, 7) is 5.55. The fraction of sp³-hybridized carbons (Fsp3) is 0.269. The van der Waals surface area contributed by atoms with Crippen LogP contribution in [0.4, 0.5) is 5.82 Å². The number of ether oxygens (including phenoxy) is 1. The van der Waals surface area contributed by atoms with Crippen molar-refractivity contribution >= 4 is 17.6 Å². The molecule has 1 spiro atoms. The summed E-state index contributed by atoms with van der Waals surface area (Å²) >= 11 is 0. The maximum Gasteiger partial charge on any atom is 0.254 e. The van der Waals surface area contributed by atoms with E-state index in [2.05, 4.69) is 11.9 Å². The number of nitrogens with zero attached hydrogens (tertiary/aromatic N) is 3. The molecule has 2 amide bonds. The minimum absolute atomic E-state index is 0.0548. The van der Waals surface area contributed by atoms with Gasteiger partial charge in [0.15, 0.2) is 0 Å². The van der Waals surface area contributed by atoms with Gasteiger partial charge in [0, 0.05) is 25.2 Å². The minimum atomic E-state index is -0.523. The van der Waals surface area contributed by atoms with Crippen molar-refractivity contribution < 1.29 is 14.3 Å². The molecule has 0 radical (unpaired) electrons. The number of anilines is 1. The molecular weight excluding hydrogens is 430 g/mol. The Labute approximate surface area is 198 Å². The summed E-state index contributed by atoms with van der Waals surface area (Å²) in [6.07, 6.45) is 3.72. The van der Waals surface area contributed by atoms with E-state index < -0.39 is 5.91 Å². The monoisotopic (exact) mass is 457 g/mol. The molecule has 34 heavy (non-hydrogen) atoms. The van der Waals surface area contributed by atoms with E-state index in [1.54, 1.807) is 0 Å². The molecule has 3 N–H and O–H groups in total. The van der Waals surface area contributed by atoms with E-state index in [0.717, 1.165) is 30.6 Å². The third-order valence-corrected chi connectivity index (χ3v) is 6.75. The van der Waals surface area contributed by atoms with Crippen molar-refractivity contribution in [3.05, 3.63) is 72.8 Å². The summed E-state index contributed by atoms with van der Waals surface area (Å²) in [4.78, 5) is 26.4. The van der Waals surface area contributed by atoms with Crippen LogP contribution in [0.25, 0.3) is 11.3 Å². The standard InChI is InChI=1S/C26H27N5O3/c1-2-21(32)30-16-13-26(14-17-30)12-15-28-25-22(24(27)33)23(29-31(25)26)18-8-10-20(11-9-18)34-19-6-4-3-5-7-19/h2-11,28H,1,12-17H2,(H2,27,33). The van der Waals surface area contributed by atoms with Gasteiger partial charge in [-0.25, -0.2) is 4.68 Å². The van der Waals surface area contributed by atoms with Crippen molar-refractivity contribution in [3.63, 3.8) is 0 Å². The number of aromatic nitrogens is 2. The highest BCUT2D eigenvalue weighted by atomic mass is 16.5. The van der Waals surface area contributed by atoms with E-state index in [9.17, 15) is 9.59 Å². The fourth-order valence-corrected chi connectivity index (χ4v) is 4.92. The number of likely N-dealkylation sites (tertiary alicyclic amines) is 1. The van der Waals surface area contributed by atoms with Gasteiger partial charge >= 0.3 is 0 Å². The normalized spacial score (nSPS) is 16.4. The van der Waals surface area contributed by atoms with Gasteiger partial charge in [0.05, 0.1) is 5.54 Å². The minimum Gasteiger partial charge on any atom is -0.457 e. The van der Waals surface area contributed by atoms with Crippen LogP contribution in [0.1, 0.15) is 29.6 Å². The SMILES string of the molecule is C=CC(=O)N1CCC2(CCNc3c(C(N)=O)c(-c4ccc(Oc5ccccc5)cc4)nn32)CC1. The highest BCUT2D eigenvalue weighted by Crippen LogP contribution is 2.42. The number of primary amides is 1. The first-order valence-electron chi connectivity index (χ1n) is 11.4. The summed E-state index contributed by atoms with van der Waals surface area (Å²) in [6, 6.07) is 17.0. The van der Waals surface area contributed by atoms with E-state index in [1.165, 1.54) is 6.08 Å². The van der Waals surface area contributed by atoms with Crippen LogP contribution in [-0.2, 0) is 10.3 Å². The first-order valence-corrected chi connectivity index (χ1v) is 11.4. The number of nitrogens with one attached hydrogen (secondary N) is 1. The van der Waals surface area contributed by atoms with Gasteiger partial charge in [-0.15, -0.1) is 0 Å². The van der Waals surface area contributed by atoms with Gasteiger partial charge < -0.3 is 20.7 Å². The Morgan fingerprint density at radius 2 is 1.71 bits per heavy atom. The van der Waals surface area contributed by atoms with Crippen LogP contribution >= 0.6 is 0 Å². The molecule has 3 aromatic rings. The quantitative estimate of drug-likeness (QED) is 0.568. The van der Waals surface area contributed by atoms with Crippen molar-refractivity contribution in [1.82, 2.24) is 14.7 Å². The molecule has 2 aromatic carbocycles. The Morgan fingerprint density at radius 1 is 1.03 bits per heavy atom. The number of piperidine rings is 1. The van der Waals surface area contributed by atoms with Crippen LogP contribution in [0.5, 0.6) is 11.5 Å². The number of carbonyl (C=O) groups is 2. The fourth-order valence-electron chi connectivity index (χ4n) is 4.92. The number of nitrogens with two attached hydrogens (primary N) is 1. The van der Waals surface area contributed by atoms with Gasteiger partial charge in [0.2, 0.25) is 5.91 Å². The summed E-state index contributed by atoms with van der Waals surface area (Å²) < 4.78 is 7.83. The van der Waals surface area contributed by atoms with Gasteiger partial charge in [-0.05, 0) is 61.7 Å². The second-order valence-corrected chi connectivity index (χ2v) is 8.72. The summed E-state index contributed by atoms with van der Waals surface area (Å²) in [7, 11) is 0. The topological polar surface area (TPSA) is 102 Å². The number of amides is 2.